The second-order valence-corrected chi connectivity index (χ2v) is 9.15. The van der Waals surface area contributed by atoms with E-state index in [2.05, 4.69) is 34.1 Å². The molecule has 0 aliphatic heterocycles. The Kier molecular flexibility index (Phi) is 7.03. The van der Waals surface area contributed by atoms with Crippen LogP contribution in [-0.4, -0.2) is 32.7 Å². The van der Waals surface area contributed by atoms with Crippen LogP contribution in [0.4, 0.5) is 14.6 Å². The number of hydrogen-bond donors (Lipinski definition) is 2. The minimum absolute atomic E-state index is 0.0484. The van der Waals surface area contributed by atoms with Crippen molar-refractivity contribution in [2.75, 3.05) is 11.9 Å². The first-order valence-electron chi connectivity index (χ1n) is 8.64. The van der Waals surface area contributed by atoms with Crippen molar-refractivity contribution in [3.8, 4) is 0 Å². The number of nitrogens with zero attached hydrogens (tertiary/aromatic N) is 3. The van der Waals surface area contributed by atoms with Gasteiger partial charge in [0, 0.05) is 11.3 Å². The van der Waals surface area contributed by atoms with Crippen molar-refractivity contribution in [2.24, 2.45) is 5.92 Å². The molecule has 0 radical (unpaired) electrons. The number of anilines is 1. The highest BCUT2D eigenvalue weighted by molar-refractivity contribution is 7.98. The third-order valence-corrected chi connectivity index (χ3v) is 5.96. The highest BCUT2D eigenvalue weighted by Crippen LogP contribution is 2.33. The van der Waals surface area contributed by atoms with Gasteiger partial charge >= 0.3 is 0 Å². The number of benzene rings is 1. The van der Waals surface area contributed by atoms with E-state index in [1.54, 1.807) is 0 Å². The average molecular weight is 445 g/mol. The van der Waals surface area contributed by atoms with Gasteiger partial charge in [-0.1, -0.05) is 60.7 Å². The Morgan fingerprint density at radius 1 is 1.25 bits per heavy atom. The molecular weight excluding hydrogens is 426 g/mol. The van der Waals surface area contributed by atoms with Crippen molar-refractivity contribution in [3.63, 3.8) is 0 Å². The summed E-state index contributed by atoms with van der Waals surface area (Å²) in [6.07, 6.45) is 0.755. The highest BCUT2D eigenvalue weighted by Gasteiger charge is 2.18. The molecular formula is C18H19ClF2N4OS2. The van der Waals surface area contributed by atoms with Crippen molar-refractivity contribution >= 4 is 50.9 Å². The van der Waals surface area contributed by atoms with Crippen molar-refractivity contribution < 1.29 is 13.9 Å². The molecule has 0 aliphatic carbocycles. The number of nitrogens with one attached hydrogen (secondary N) is 1. The summed E-state index contributed by atoms with van der Waals surface area (Å²) < 4.78 is 28.3. The molecule has 2 heterocycles. The molecule has 0 fully saturated rings. The molecule has 2 N–H and O–H groups in total. The number of aromatic nitrogens is 3. The van der Waals surface area contributed by atoms with Crippen LogP contribution in [0, 0.1) is 17.6 Å². The lowest BCUT2D eigenvalue weighted by molar-refractivity contribution is 0.259. The number of aliphatic hydroxyl groups excluding tert-OH is 1. The van der Waals surface area contributed by atoms with Gasteiger partial charge < -0.3 is 10.4 Å². The number of halogens is 3. The Morgan fingerprint density at radius 3 is 2.75 bits per heavy atom. The molecule has 1 aromatic carbocycles. The van der Waals surface area contributed by atoms with Crippen LogP contribution in [0.15, 0.2) is 23.4 Å². The van der Waals surface area contributed by atoms with E-state index in [9.17, 15) is 13.9 Å². The molecule has 5 nitrogen and oxygen atoms in total. The summed E-state index contributed by atoms with van der Waals surface area (Å²) in [7, 11) is 0. The van der Waals surface area contributed by atoms with Crippen molar-refractivity contribution in [1.82, 2.24) is 15.0 Å². The van der Waals surface area contributed by atoms with Gasteiger partial charge in [-0.05, 0) is 18.4 Å². The zero-order chi connectivity index (χ0) is 20.3. The summed E-state index contributed by atoms with van der Waals surface area (Å²) in [6.45, 7) is 4.09. The van der Waals surface area contributed by atoms with E-state index in [0.717, 1.165) is 12.5 Å². The van der Waals surface area contributed by atoms with E-state index in [1.807, 2.05) is 0 Å². The van der Waals surface area contributed by atoms with Gasteiger partial charge in [0.05, 0.1) is 12.6 Å². The second kappa shape index (κ2) is 9.30. The number of thiazole rings is 1. The quantitative estimate of drug-likeness (QED) is 0.370. The largest absolute Gasteiger partial charge is 0.394 e. The maximum Gasteiger partial charge on any atom is 0.191 e. The standard InChI is InChI=1S/C18H19ClF2N4OS2/c1-9(2)6-11(7-26)22-15-14-16(23-17(19)28-14)25-18(24-15)27-8-10-4-3-5-12(20)13(10)21/h3-5,9,11,26H,6-8H2,1-2H3,(H,22,24,25)/t11-/m1/s1. The molecule has 0 saturated carbocycles. The number of rotatable bonds is 8. The van der Waals surface area contributed by atoms with Crippen molar-refractivity contribution in [2.45, 2.75) is 37.2 Å². The van der Waals surface area contributed by atoms with Crippen molar-refractivity contribution in [3.05, 3.63) is 39.9 Å². The van der Waals surface area contributed by atoms with Gasteiger partial charge in [-0.3, -0.25) is 0 Å². The molecule has 1 atom stereocenters. The Bertz CT molecular complexity index is 970. The maximum atomic E-state index is 13.9. The van der Waals surface area contributed by atoms with Crippen LogP contribution in [0.3, 0.4) is 0 Å². The number of hydrogen-bond acceptors (Lipinski definition) is 7. The zero-order valence-electron chi connectivity index (χ0n) is 15.2. The Hall–Kier alpha value is -1.55. The van der Waals surface area contributed by atoms with Crippen molar-refractivity contribution in [1.29, 1.82) is 0 Å². The number of thioether (sulfide) groups is 1. The van der Waals surface area contributed by atoms with Crippen LogP contribution < -0.4 is 5.32 Å². The Balaban J connectivity index is 1.87. The normalized spacial score (nSPS) is 12.7. The van der Waals surface area contributed by atoms with E-state index < -0.39 is 11.6 Å². The van der Waals surface area contributed by atoms with Gasteiger partial charge in [0.25, 0.3) is 0 Å². The lowest BCUT2D eigenvalue weighted by Crippen LogP contribution is -2.26. The molecule has 150 valence electrons. The van der Waals surface area contributed by atoms with Crippen LogP contribution in [-0.2, 0) is 5.75 Å². The summed E-state index contributed by atoms with van der Waals surface area (Å²) in [5.74, 6) is -0.680. The van der Waals surface area contributed by atoms with Crippen LogP contribution >= 0.6 is 34.7 Å². The van der Waals surface area contributed by atoms with E-state index in [1.165, 1.54) is 35.2 Å². The van der Waals surface area contributed by atoms with E-state index in [-0.39, 0.29) is 24.0 Å². The topological polar surface area (TPSA) is 70.9 Å². The summed E-state index contributed by atoms with van der Waals surface area (Å²) in [5.41, 5.74) is 0.656. The van der Waals surface area contributed by atoms with Gasteiger partial charge in [-0.2, -0.15) is 0 Å². The van der Waals surface area contributed by atoms with Crippen LogP contribution in [0.5, 0.6) is 0 Å². The molecule has 3 aromatic rings. The SMILES string of the molecule is CC(C)C[C@H](CO)Nc1nc(SCc2cccc(F)c2F)nc2nc(Cl)sc12. The van der Waals surface area contributed by atoms with Crippen LogP contribution in [0.25, 0.3) is 10.3 Å². The number of fused-ring (bicyclic) bond motifs is 1. The Labute approximate surface area is 174 Å². The molecule has 3 rings (SSSR count). The molecule has 0 spiro atoms. The first-order valence-corrected chi connectivity index (χ1v) is 10.8. The van der Waals surface area contributed by atoms with E-state index >= 15 is 0 Å². The molecule has 0 saturated heterocycles. The Morgan fingerprint density at radius 2 is 2.04 bits per heavy atom. The fraction of sp³-hybridized carbons (Fsp3) is 0.389. The number of aliphatic hydroxyl groups is 1. The average Bonchev–Trinajstić information content (AvgIpc) is 3.02. The lowest BCUT2D eigenvalue weighted by atomic mass is 10.0. The highest BCUT2D eigenvalue weighted by atomic mass is 35.5. The smallest absolute Gasteiger partial charge is 0.191 e. The molecule has 0 bridgehead atoms. The summed E-state index contributed by atoms with van der Waals surface area (Å²) in [5, 5.41) is 13.3. The summed E-state index contributed by atoms with van der Waals surface area (Å²) in [4.78, 5) is 13.1. The van der Waals surface area contributed by atoms with E-state index in [4.69, 9.17) is 11.6 Å². The summed E-state index contributed by atoms with van der Waals surface area (Å²) in [6, 6.07) is 3.88. The first kappa shape index (κ1) is 21.2. The third kappa shape index (κ3) is 5.08. The van der Waals surface area contributed by atoms with Gasteiger partial charge in [0.2, 0.25) is 0 Å². The maximum absolute atomic E-state index is 13.9. The van der Waals surface area contributed by atoms with Crippen LogP contribution in [0.2, 0.25) is 4.47 Å². The molecule has 0 unspecified atom stereocenters. The molecule has 0 aliphatic rings. The first-order chi connectivity index (χ1) is 13.4. The predicted molar refractivity (Wildman–Crippen MR) is 110 cm³/mol. The fourth-order valence-corrected chi connectivity index (χ4v) is 4.50. The molecule has 28 heavy (non-hydrogen) atoms. The van der Waals surface area contributed by atoms with Crippen LogP contribution in [0.1, 0.15) is 25.8 Å². The van der Waals surface area contributed by atoms with E-state index in [0.29, 0.717) is 31.7 Å². The van der Waals surface area contributed by atoms with Gasteiger partial charge in [0.15, 0.2) is 32.7 Å². The molecule has 0 amide bonds. The van der Waals surface area contributed by atoms with Gasteiger partial charge in [-0.15, -0.1) is 0 Å². The molecule has 2 aromatic heterocycles. The zero-order valence-corrected chi connectivity index (χ0v) is 17.6. The van der Waals surface area contributed by atoms with Gasteiger partial charge in [-0.25, -0.2) is 23.7 Å². The fourth-order valence-electron chi connectivity index (χ4n) is 2.68. The minimum Gasteiger partial charge on any atom is -0.394 e. The monoisotopic (exact) mass is 444 g/mol. The lowest BCUT2D eigenvalue weighted by Gasteiger charge is -2.19. The minimum atomic E-state index is -0.886. The molecule has 10 heteroatoms. The second-order valence-electron chi connectivity index (χ2n) is 6.63. The summed E-state index contributed by atoms with van der Waals surface area (Å²) >= 11 is 8.46. The predicted octanol–water partition coefficient (Wildman–Crippen LogP) is 5.13. The third-order valence-electron chi connectivity index (χ3n) is 3.91. The van der Waals surface area contributed by atoms with Gasteiger partial charge in [0.1, 0.15) is 4.70 Å².